The third-order valence-electron chi connectivity index (χ3n) is 4.50. The Kier molecular flexibility index (Phi) is 3.95. The number of hydrogen-bond donors (Lipinski definition) is 0. The average Bonchev–Trinajstić information content (AvgIpc) is 2.94. The van der Waals surface area contributed by atoms with E-state index < -0.39 is 9.84 Å². The quantitative estimate of drug-likeness (QED) is 0.648. The van der Waals surface area contributed by atoms with Gasteiger partial charge in [-0.15, -0.1) is 0 Å². The predicted molar refractivity (Wildman–Crippen MR) is 95.9 cm³/mol. The Morgan fingerprint density at radius 3 is 2.42 bits per heavy atom. The second-order valence-corrected chi connectivity index (χ2v) is 8.65. The maximum Gasteiger partial charge on any atom is 0.251 e. The molecule has 0 unspecified atom stereocenters. The fraction of sp³-hybridized carbons (Fsp3) is 0.389. The summed E-state index contributed by atoms with van der Waals surface area (Å²) in [4.78, 5) is 12.2. The van der Waals surface area contributed by atoms with Crippen LogP contribution in [0.4, 0.5) is 0 Å². The molecule has 0 spiro atoms. The zero-order chi connectivity index (χ0) is 18.5. The summed E-state index contributed by atoms with van der Waals surface area (Å²) in [5.74, 6) is 1.29. The molecule has 0 aliphatic heterocycles. The van der Waals surface area contributed by atoms with Crippen LogP contribution in [0.15, 0.2) is 27.9 Å². The summed E-state index contributed by atoms with van der Waals surface area (Å²) in [5.41, 5.74) is 3.38. The smallest absolute Gasteiger partial charge is 0.251 e. The van der Waals surface area contributed by atoms with E-state index in [-0.39, 0.29) is 10.9 Å². The Morgan fingerprint density at radius 2 is 1.85 bits per heavy atom. The molecule has 0 radical (unpaired) electrons. The molecule has 0 saturated heterocycles. The van der Waals surface area contributed by atoms with Gasteiger partial charge in [0.2, 0.25) is 20.9 Å². The molecule has 0 bridgehead atoms. The first kappa shape index (κ1) is 17.0. The Hall–Kier alpha value is -2.48. The molecule has 1 fully saturated rings. The van der Waals surface area contributed by atoms with Crippen LogP contribution in [0.5, 0.6) is 5.75 Å². The van der Waals surface area contributed by atoms with Gasteiger partial charge in [0, 0.05) is 11.8 Å². The minimum absolute atomic E-state index is 0.153. The maximum atomic E-state index is 11.6. The number of nitrogens with zero attached hydrogens (tertiary/aromatic N) is 3. The molecule has 1 aliphatic carbocycles. The number of ether oxygens (including phenoxy) is 1. The molecule has 2 heterocycles. The van der Waals surface area contributed by atoms with Crippen LogP contribution in [0.2, 0.25) is 0 Å². The van der Waals surface area contributed by atoms with Crippen LogP contribution in [0.3, 0.4) is 0 Å². The van der Waals surface area contributed by atoms with E-state index in [1.807, 2.05) is 26.0 Å². The number of sulfone groups is 1. The lowest BCUT2D eigenvalue weighted by Crippen LogP contribution is -2.25. The van der Waals surface area contributed by atoms with Gasteiger partial charge in [-0.2, -0.15) is 4.98 Å². The molecule has 0 amide bonds. The van der Waals surface area contributed by atoms with E-state index in [2.05, 4.69) is 15.0 Å². The van der Waals surface area contributed by atoms with Gasteiger partial charge in [0.15, 0.2) is 0 Å². The van der Waals surface area contributed by atoms with Crippen LogP contribution in [-0.2, 0) is 9.84 Å². The number of oxazole rings is 1. The highest BCUT2D eigenvalue weighted by Crippen LogP contribution is 2.34. The third kappa shape index (κ3) is 3.05. The van der Waals surface area contributed by atoms with Crippen molar-refractivity contribution in [3.8, 4) is 17.2 Å². The summed E-state index contributed by atoms with van der Waals surface area (Å²) in [6.07, 6.45) is 6.16. The van der Waals surface area contributed by atoms with Crippen LogP contribution >= 0.6 is 0 Å². The highest BCUT2D eigenvalue weighted by molar-refractivity contribution is 7.90. The Morgan fingerprint density at radius 1 is 1.15 bits per heavy atom. The predicted octanol–water partition coefficient (Wildman–Crippen LogP) is 3.24. The Labute approximate surface area is 151 Å². The van der Waals surface area contributed by atoms with Crippen molar-refractivity contribution in [3.05, 3.63) is 29.5 Å². The second-order valence-electron chi connectivity index (χ2n) is 6.74. The fourth-order valence-electron chi connectivity index (χ4n) is 2.94. The molecule has 136 valence electrons. The Balaban J connectivity index is 1.72. The lowest BCUT2D eigenvalue weighted by Gasteiger charge is -2.28. The van der Waals surface area contributed by atoms with Crippen LogP contribution in [0.1, 0.15) is 30.4 Å². The summed E-state index contributed by atoms with van der Waals surface area (Å²) in [6, 6.07) is 3.91. The molecule has 7 nitrogen and oxygen atoms in total. The molecule has 1 aromatic carbocycles. The number of aromatic nitrogens is 3. The maximum absolute atomic E-state index is 11.6. The van der Waals surface area contributed by atoms with Crippen LogP contribution in [0.25, 0.3) is 22.7 Å². The number of hydrogen-bond acceptors (Lipinski definition) is 7. The average molecular weight is 373 g/mol. The van der Waals surface area contributed by atoms with Gasteiger partial charge in [0.05, 0.1) is 12.3 Å². The standard InChI is InChI=1S/C18H19N3O4S/c1-10-7-12(8-11(2)15(10)24-13-5-4-6-13)16-20-14-9-19-18(26(3,22)23)21-17(14)25-16/h7-9,13H,4-6H2,1-3H3. The molecular weight excluding hydrogens is 354 g/mol. The molecule has 1 saturated carbocycles. The van der Waals surface area contributed by atoms with E-state index in [1.54, 1.807) is 0 Å². The summed E-state index contributed by atoms with van der Waals surface area (Å²) >= 11 is 0. The van der Waals surface area contributed by atoms with E-state index in [9.17, 15) is 8.42 Å². The molecule has 0 N–H and O–H groups in total. The minimum Gasteiger partial charge on any atom is -0.490 e. The lowest BCUT2D eigenvalue weighted by molar-refractivity contribution is 0.118. The van der Waals surface area contributed by atoms with Crippen molar-refractivity contribution >= 4 is 21.1 Å². The van der Waals surface area contributed by atoms with Crippen molar-refractivity contribution in [2.24, 2.45) is 0 Å². The monoisotopic (exact) mass is 373 g/mol. The molecule has 1 aliphatic rings. The van der Waals surface area contributed by atoms with Crippen LogP contribution in [0, 0.1) is 13.8 Å². The summed E-state index contributed by atoms with van der Waals surface area (Å²) in [7, 11) is -3.50. The van der Waals surface area contributed by atoms with E-state index >= 15 is 0 Å². The summed E-state index contributed by atoms with van der Waals surface area (Å²) in [5, 5.41) is -0.274. The van der Waals surface area contributed by atoms with Crippen molar-refractivity contribution < 1.29 is 17.6 Å². The van der Waals surface area contributed by atoms with Gasteiger partial charge in [-0.25, -0.2) is 18.4 Å². The van der Waals surface area contributed by atoms with E-state index in [0.29, 0.717) is 17.5 Å². The number of aryl methyl sites for hydroxylation is 2. The zero-order valence-corrected chi connectivity index (χ0v) is 15.6. The van der Waals surface area contributed by atoms with Gasteiger partial charge in [-0.05, 0) is 56.4 Å². The lowest BCUT2D eigenvalue weighted by atomic mass is 9.95. The van der Waals surface area contributed by atoms with Crippen molar-refractivity contribution in [2.75, 3.05) is 6.26 Å². The van der Waals surface area contributed by atoms with Gasteiger partial charge in [0.25, 0.3) is 5.71 Å². The Bertz CT molecular complexity index is 1080. The first-order valence-electron chi connectivity index (χ1n) is 8.43. The minimum atomic E-state index is -3.50. The van der Waals surface area contributed by atoms with Crippen molar-refractivity contribution in [2.45, 2.75) is 44.4 Å². The van der Waals surface area contributed by atoms with Gasteiger partial charge >= 0.3 is 0 Å². The molecule has 2 aromatic heterocycles. The zero-order valence-electron chi connectivity index (χ0n) is 14.8. The highest BCUT2D eigenvalue weighted by atomic mass is 32.2. The van der Waals surface area contributed by atoms with Crippen LogP contribution < -0.4 is 4.74 Å². The molecular formula is C18H19N3O4S. The topological polar surface area (TPSA) is 95.2 Å². The largest absolute Gasteiger partial charge is 0.490 e. The fourth-order valence-corrected chi connectivity index (χ4v) is 3.43. The third-order valence-corrected chi connectivity index (χ3v) is 5.36. The molecule has 3 aromatic rings. The molecule has 4 rings (SSSR count). The first-order valence-corrected chi connectivity index (χ1v) is 10.3. The molecule has 8 heteroatoms. The van der Waals surface area contributed by atoms with E-state index in [1.165, 1.54) is 12.6 Å². The normalized spacial score (nSPS) is 15.2. The van der Waals surface area contributed by atoms with Crippen molar-refractivity contribution in [3.63, 3.8) is 0 Å². The van der Waals surface area contributed by atoms with E-state index in [4.69, 9.17) is 9.15 Å². The number of fused-ring (bicyclic) bond motifs is 1. The van der Waals surface area contributed by atoms with Crippen LogP contribution in [-0.4, -0.2) is 35.7 Å². The summed E-state index contributed by atoms with van der Waals surface area (Å²) in [6.45, 7) is 3.99. The summed E-state index contributed by atoms with van der Waals surface area (Å²) < 4.78 is 35.0. The van der Waals surface area contributed by atoms with Crippen molar-refractivity contribution in [1.29, 1.82) is 0 Å². The highest BCUT2D eigenvalue weighted by Gasteiger charge is 2.22. The SMILES string of the molecule is Cc1cc(-c2nc3cnc(S(C)(=O)=O)nc3o2)cc(C)c1OC1CCC1. The molecule has 0 atom stereocenters. The van der Waals surface area contributed by atoms with Gasteiger partial charge in [-0.1, -0.05) is 0 Å². The van der Waals surface area contributed by atoms with Crippen molar-refractivity contribution in [1.82, 2.24) is 15.0 Å². The van der Waals surface area contributed by atoms with E-state index in [0.717, 1.165) is 41.5 Å². The first-order chi connectivity index (χ1) is 12.3. The second kappa shape index (κ2) is 6.05. The van der Waals surface area contributed by atoms with Gasteiger partial charge in [0.1, 0.15) is 11.3 Å². The molecule has 26 heavy (non-hydrogen) atoms. The number of rotatable bonds is 4. The number of benzene rings is 1. The van der Waals surface area contributed by atoms with Gasteiger partial charge in [-0.3, -0.25) is 0 Å². The van der Waals surface area contributed by atoms with Gasteiger partial charge < -0.3 is 9.15 Å².